The highest BCUT2D eigenvalue weighted by Crippen LogP contribution is 2.11. The van der Waals surface area contributed by atoms with Crippen molar-refractivity contribution in [3.05, 3.63) is 33.8 Å². The fourth-order valence-electron chi connectivity index (χ4n) is 1.61. The Morgan fingerprint density at radius 1 is 1.39 bits per heavy atom. The summed E-state index contributed by atoms with van der Waals surface area (Å²) in [5, 5.41) is 6.63. The SMILES string of the molecule is Cc1nc(Cc2ncc(CNC(C)(C)C)[nH]2)cs1. The van der Waals surface area contributed by atoms with Crippen molar-refractivity contribution in [1.82, 2.24) is 20.3 Å². The van der Waals surface area contributed by atoms with Crippen LogP contribution in [-0.4, -0.2) is 20.5 Å². The third-order valence-corrected chi connectivity index (χ3v) is 3.33. The van der Waals surface area contributed by atoms with E-state index in [1.807, 2.05) is 13.1 Å². The van der Waals surface area contributed by atoms with Crippen molar-refractivity contribution < 1.29 is 0 Å². The highest BCUT2D eigenvalue weighted by molar-refractivity contribution is 7.09. The molecule has 4 nitrogen and oxygen atoms in total. The van der Waals surface area contributed by atoms with Crippen molar-refractivity contribution in [1.29, 1.82) is 0 Å². The van der Waals surface area contributed by atoms with E-state index in [0.717, 1.165) is 35.2 Å². The number of aromatic amines is 1. The molecule has 18 heavy (non-hydrogen) atoms. The molecule has 0 atom stereocenters. The van der Waals surface area contributed by atoms with E-state index in [0.29, 0.717) is 0 Å². The van der Waals surface area contributed by atoms with E-state index in [1.165, 1.54) is 0 Å². The molecule has 0 spiro atoms. The lowest BCUT2D eigenvalue weighted by Gasteiger charge is -2.19. The summed E-state index contributed by atoms with van der Waals surface area (Å²) < 4.78 is 0. The van der Waals surface area contributed by atoms with Crippen molar-refractivity contribution in [2.45, 2.75) is 46.2 Å². The second kappa shape index (κ2) is 5.20. The van der Waals surface area contributed by atoms with E-state index in [2.05, 4.69) is 46.4 Å². The number of hydrogen-bond acceptors (Lipinski definition) is 4. The molecule has 5 heteroatoms. The van der Waals surface area contributed by atoms with Gasteiger partial charge in [-0.15, -0.1) is 11.3 Å². The Kier molecular flexibility index (Phi) is 3.82. The minimum absolute atomic E-state index is 0.122. The van der Waals surface area contributed by atoms with Gasteiger partial charge in [0.2, 0.25) is 0 Å². The van der Waals surface area contributed by atoms with Crippen LogP contribution in [0.4, 0.5) is 0 Å². The fraction of sp³-hybridized carbons (Fsp3) is 0.538. The standard InChI is InChI=1S/C13H20N4S/c1-9-16-10(8-18-9)5-12-14-6-11(17-12)7-15-13(2,3)4/h6,8,15H,5,7H2,1-4H3,(H,14,17). The molecule has 0 aliphatic heterocycles. The van der Waals surface area contributed by atoms with Crippen LogP contribution in [0.1, 0.15) is 43.0 Å². The quantitative estimate of drug-likeness (QED) is 0.892. The summed E-state index contributed by atoms with van der Waals surface area (Å²) in [6.07, 6.45) is 2.67. The van der Waals surface area contributed by atoms with Crippen LogP contribution in [0.3, 0.4) is 0 Å². The van der Waals surface area contributed by atoms with E-state index in [4.69, 9.17) is 0 Å². The molecule has 2 N–H and O–H groups in total. The van der Waals surface area contributed by atoms with Gasteiger partial charge in [0.05, 0.1) is 10.7 Å². The first-order valence-electron chi connectivity index (χ1n) is 6.11. The molecule has 0 fully saturated rings. The van der Waals surface area contributed by atoms with E-state index in [9.17, 15) is 0 Å². The normalized spacial score (nSPS) is 12.0. The lowest BCUT2D eigenvalue weighted by Crippen LogP contribution is -2.35. The van der Waals surface area contributed by atoms with E-state index in [-0.39, 0.29) is 5.54 Å². The van der Waals surface area contributed by atoms with Gasteiger partial charge in [0, 0.05) is 35.8 Å². The Morgan fingerprint density at radius 2 is 2.17 bits per heavy atom. The molecule has 2 aromatic heterocycles. The smallest absolute Gasteiger partial charge is 0.112 e. The number of thiazole rings is 1. The Morgan fingerprint density at radius 3 is 2.78 bits per heavy atom. The van der Waals surface area contributed by atoms with Gasteiger partial charge in [-0.1, -0.05) is 0 Å². The van der Waals surface area contributed by atoms with Crippen LogP contribution in [0, 0.1) is 6.92 Å². The van der Waals surface area contributed by atoms with E-state index >= 15 is 0 Å². The van der Waals surface area contributed by atoms with Crippen LogP contribution in [0.2, 0.25) is 0 Å². The minimum Gasteiger partial charge on any atom is -0.344 e. The van der Waals surface area contributed by atoms with Gasteiger partial charge < -0.3 is 10.3 Å². The predicted octanol–water partition coefficient (Wildman–Crippen LogP) is 2.65. The minimum atomic E-state index is 0.122. The van der Waals surface area contributed by atoms with Crippen molar-refractivity contribution >= 4 is 11.3 Å². The Balaban J connectivity index is 1.94. The third-order valence-electron chi connectivity index (χ3n) is 2.51. The molecule has 0 aliphatic carbocycles. The maximum atomic E-state index is 4.44. The van der Waals surface area contributed by atoms with Gasteiger partial charge in [0.15, 0.2) is 0 Å². The Bertz CT molecular complexity index is 507. The second-order valence-electron chi connectivity index (χ2n) is 5.49. The lowest BCUT2D eigenvalue weighted by atomic mass is 10.1. The zero-order valence-electron chi connectivity index (χ0n) is 11.4. The summed E-state index contributed by atoms with van der Waals surface area (Å²) in [4.78, 5) is 12.2. The molecule has 0 saturated heterocycles. The van der Waals surface area contributed by atoms with Crippen molar-refractivity contribution in [2.75, 3.05) is 0 Å². The van der Waals surface area contributed by atoms with Gasteiger partial charge in [-0.05, 0) is 27.7 Å². The fourth-order valence-corrected chi connectivity index (χ4v) is 2.22. The zero-order chi connectivity index (χ0) is 13.2. The van der Waals surface area contributed by atoms with Gasteiger partial charge in [-0.2, -0.15) is 0 Å². The number of H-pyrrole nitrogens is 1. The molecule has 2 aromatic rings. The molecule has 0 bridgehead atoms. The first-order valence-corrected chi connectivity index (χ1v) is 6.99. The average molecular weight is 264 g/mol. The van der Waals surface area contributed by atoms with E-state index in [1.54, 1.807) is 11.3 Å². The summed E-state index contributed by atoms with van der Waals surface area (Å²) in [6, 6.07) is 0. The summed E-state index contributed by atoms with van der Waals surface area (Å²) >= 11 is 1.68. The summed E-state index contributed by atoms with van der Waals surface area (Å²) in [5.74, 6) is 0.978. The monoisotopic (exact) mass is 264 g/mol. The van der Waals surface area contributed by atoms with Gasteiger partial charge in [-0.3, -0.25) is 0 Å². The number of imidazole rings is 1. The molecule has 0 radical (unpaired) electrons. The summed E-state index contributed by atoms with van der Waals surface area (Å²) in [6.45, 7) is 9.30. The van der Waals surface area contributed by atoms with Gasteiger partial charge in [-0.25, -0.2) is 9.97 Å². The molecular weight excluding hydrogens is 244 g/mol. The van der Waals surface area contributed by atoms with Crippen LogP contribution in [0.25, 0.3) is 0 Å². The van der Waals surface area contributed by atoms with Gasteiger partial charge in [0.1, 0.15) is 5.82 Å². The van der Waals surface area contributed by atoms with Gasteiger partial charge in [0.25, 0.3) is 0 Å². The molecule has 0 unspecified atom stereocenters. The van der Waals surface area contributed by atoms with Crippen molar-refractivity contribution in [2.24, 2.45) is 0 Å². The van der Waals surface area contributed by atoms with E-state index < -0.39 is 0 Å². The maximum Gasteiger partial charge on any atom is 0.112 e. The molecule has 0 aromatic carbocycles. The van der Waals surface area contributed by atoms with Crippen LogP contribution in [0.5, 0.6) is 0 Å². The first-order chi connectivity index (χ1) is 8.42. The predicted molar refractivity (Wildman–Crippen MR) is 74.8 cm³/mol. The lowest BCUT2D eigenvalue weighted by molar-refractivity contribution is 0.421. The van der Waals surface area contributed by atoms with Crippen LogP contribution >= 0.6 is 11.3 Å². The molecular formula is C13H20N4S. The van der Waals surface area contributed by atoms with Crippen LogP contribution < -0.4 is 5.32 Å². The molecule has 0 amide bonds. The second-order valence-corrected chi connectivity index (χ2v) is 6.56. The third kappa shape index (κ3) is 3.92. The average Bonchev–Trinajstić information content (AvgIpc) is 2.85. The first kappa shape index (κ1) is 13.2. The maximum absolute atomic E-state index is 4.44. The zero-order valence-corrected chi connectivity index (χ0v) is 12.2. The topological polar surface area (TPSA) is 53.6 Å². The summed E-state index contributed by atoms with van der Waals surface area (Å²) in [5.41, 5.74) is 2.33. The highest BCUT2D eigenvalue weighted by atomic mass is 32.1. The number of nitrogens with zero attached hydrogens (tertiary/aromatic N) is 2. The number of hydrogen-bond donors (Lipinski definition) is 2. The molecule has 98 valence electrons. The van der Waals surface area contributed by atoms with Gasteiger partial charge >= 0.3 is 0 Å². The van der Waals surface area contributed by atoms with Crippen LogP contribution in [-0.2, 0) is 13.0 Å². The highest BCUT2D eigenvalue weighted by Gasteiger charge is 2.10. The molecule has 0 aliphatic rings. The largest absolute Gasteiger partial charge is 0.344 e. The van der Waals surface area contributed by atoms with Crippen molar-refractivity contribution in [3.63, 3.8) is 0 Å². The Hall–Kier alpha value is -1.20. The number of aromatic nitrogens is 3. The molecule has 0 saturated carbocycles. The molecule has 2 heterocycles. The summed E-state index contributed by atoms with van der Waals surface area (Å²) in [7, 11) is 0. The number of rotatable bonds is 4. The number of aryl methyl sites for hydroxylation is 1. The Labute approximate surface area is 112 Å². The molecule has 2 rings (SSSR count). The number of nitrogens with one attached hydrogen (secondary N) is 2. The van der Waals surface area contributed by atoms with Crippen LogP contribution in [0.15, 0.2) is 11.6 Å². The van der Waals surface area contributed by atoms with Crippen molar-refractivity contribution in [3.8, 4) is 0 Å².